The monoisotopic (exact) mass is 387 g/mol. The fourth-order valence-corrected chi connectivity index (χ4v) is 3.92. The predicted octanol–water partition coefficient (Wildman–Crippen LogP) is 2.66. The number of nitrogens with zero attached hydrogens (tertiary/aromatic N) is 5. The van der Waals surface area contributed by atoms with Crippen LogP contribution in [0.25, 0.3) is 0 Å². The molecule has 8 heteroatoms. The molecule has 1 aliphatic heterocycles. The Morgan fingerprint density at radius 1 is 1.07 bits per heavy atom. The van der Waals surface area contributed by atoms with E-state index in [1.807, 2.05) is 43.6 Å². The number of aromatic nitrogens is 3. The highest BCUT2D eigenvalue weighted by atomic mass is 32.1. The number of carbonyl (C=O) groups is 2. The van der Waals surface area contributed by atoms with Gasteiger partial charge in [-0.05, 0) is 49.3 Å². The van der Waals surface area contributed by atoms with Crippen LogP contribution in [0.5, 0.6) is 0 Å². The van der Waals surface area contributed by atoms with E-state index in [1.54, 1.807) is 6.20 Å². The first-order valence-electron chi connectivity index (χ1n) is 9.22. The third-order valence-electron chi connectivity index (χ3n) is 4.91. The van der Waals surface area contributed by atoms with Crippen LogP contribution in [0.1, 0.15) is 63.2 Å². The Kier molecular flexibility index (Phi) is 5.84. The van der Waals surface area contributed by atoms with Gasteiger partial charge >= 0.3 is 0 Å². The summed E-state index contributed by atoms with van der Waals surface area (Å²) in [5, 5.41) is 4.10. The average Bonchev–Trinajstić information content (AvgIpc) is 3.01. The molecule has 7 nitrogen and oxygen atoms in total. The number of pyridine rings is 1. The van der Waals surface area contributed by atoms with Gasteiger partial charge in [0.05, 0.1) is 11.3 Å². The number of aryl methyl sites for hydroxylation is 2. The summed E-state index contributed by atoms with van der Waals surface area (Å²) in [5.74, 6) is 0.100. The minimum Gasteiger partial charge on any atom is -0.337 e. The summed E-state index contributed by atoms with van der Waals surface area (Å²) in [6.07, 6.45) is 2.38. The molecule has 0 radical (unpaired) electrons. The second-order valence-corrected chi connectivity index (χ2v) is 7.96. The zero-order valence-corrected chi connectivity index (χ0v) is 17.0. The third-order valence-corrected chi connectivity index (χ3v) is 5.64. The van der Waals surface area contributed by atoms with E-state index in [1.165, 1.54) is 0 Å². The van der Waals surface area contributed by atoms with Crippen molar-refractivity contribution < 1.29 is 9.59 Å². The summed E-state index contributed by atoms with van der Waals surface area (Å²) in [6, 6.07) is 1.89. The van der Waals surface area contributed by atoms with Crippen molar-refractivity contribution in [2.24, 2.45) is 0 Å². The van der Waals surface area contributed by atoms with E-state index in [9.17, 15) is 9.59 Å². The van der Waals surface area contributed by atoms with Crippen LogP contribution in [0.4, 0.5) is 0 Å². The van der Waals surface area contributed by atoms with Crippen molar-refractivity contribution in [1.29, 1.82) is 0 Å². The second kappa shape index (κ2) is 8.12. The Labute approximate surface area is 163 Å². The van der Waals surface area contributed by atoms with Gasteiger partial charge in [0.2, 0.25) is 0 Å². The standard InChI is InChI=1S/C19H25N5O2S/c1-12(2)16-17(27-22-21-16)19(26)24-7-5-6-23(8-9-24)18(25)15-10-13(3)14(4)20-11-15/h10-12H,5-9H2,1-4H3. The van der Waals surface area contributed by atoms with Gasteiger partial charge in [0.25, 0.3) is 11.8 Å². The van der Waals surface area contributed by atoms with Crippen molar-refractivity contribution in [3.8, 4) is 0 Å². The maximum Gasteiger partial charge on any atom is 0.267 e. The maximum atomic E-state index is 12.9. The van der Waals surface area contributed by atoms with E-state index < -0.39 is 0 Å². The Hall–Kier alpha value is -2.35. The molecule has 3 heterocycles. The number of amides is 2. The molecule has 0 spiro atoms. The van der Waals surface area contributed by atoms with Gasteiger partial charge in [-0.3, -0.25) is 14.6 Å². The van der Waals surface area contributed by atoms with Gasteiger partial charge < -0.3 is 9.80 Å². The molecule has 1 aliphatic rings. The van der Waals surface area contributed by atoms with Crippen LogP contribution in [0.15, 0.2) is 12.3 Å². The number of carbonyl (C=O) groups excluding carboxylic acids is 2. The van der Waals surface area contributed by atoms with Gasteiger partial charge in [0.1, 0.15) is 4.88 Å². The van der Waals surface area contributed by atoms with Crippen LogP contribution in [0.2, 0.25) is 0 Å². The molecule has 0 aromatic carbocycles. The van der Waals surface area contributed by atoms with Crippen LogP contribution in [-0.4, -0.2) is 62.4 Å². The van der Waals surface area contributed by atoms with E-state index in [0.29, 0.717) is 36.6 Å². The predicted molar refractivity (Wildman–Crippen MR) is 104 cm³/mol. The molecule has 0 N–H and O–H groups in total. The van der Waals surface area contributed by atoms with E-state index in [4.69, 9.17) is 0 Å². The van der Waals surface area contributed by atoms with Gasteiger partial charge in [-0.1, -0.05) is 18.3 Å². The van der Waals surface area contributed by atoms with Crippen molar-refractivity contribution in [3.63, 3.8) is 0 Å². The van der Waals surface area contributed by atoms with Crippen molar-refractivity contribution in [2.45, 2.75) is 40.0 Å². The topological polar surface area (TPSA) is 79.3 Å². The summed E-state index contributed by atoms with van der Waals surface area (Å²) in [5.41, 5.74) is 3.29. The van der Waals surface area contributed by atoms with Crippen molar-refractivity contribution in [3.05, 3.63) is 39.7 Å². The van der Waals surface area contributed by atoms with Gasteiger partial charge in [0, 0.05) is 38.1 Å². The smallest absolute Gasteiger partial charge is 0.267 e. The maximum absolute atomic E-state index is 12.9. The molecule has 0 saturated carbocycles. The minimum absolute atomic E-state index is 0.0257. The lowest BCUT2D eigenvalue weighted by Gasteiger charge is -2.22. The van der Waals surface area contributed by atoms with Crippen LogP contribution in [0.3, 0.4) is 0 Å². The van der Waals surface area contributed by atoms with E-state index >= 15 is 0 Å². The Morgan fingerprint density at radius 2 is 1.74 bits per heavy atom. The van der Waals surface area contributed by atoms with Crippen molar-refractivity contribution in [2.75, 3.05) is 26.2 Å². The zero-order chi connectivity index (χ0) is 19.6. The fraction of sp³-hybridized carbons (Fsp3) is 0.526. The van der Waals surface area contributed by atoms with Crippen molar-refractivity contribution >= 4 is 23.3 Å². The highest BCUT2D eigenvalue weighted by Crippen LogP contribution is 2.22. The van der Waals surface area contributed by atoms with Crippen LogP contribution in [-0.2, 0) is 0 Å². The first-order valence-corrected chi connectivity index (χ1v) is 10.00. The molecule has 2 aromatic rings. The molecule has 0 unspecified atom stereocenters. The number of hydrogen-bond donors (Lipinski definition) is 0. The largest absolute Gasteiger partial charge is 0.337 e. The summed E-state index contributed by atoms with van der Waals surface area (Å²) in [4.78, 5) is 34.3. The fourth-order valence-electron chi connectivity index (χ4n) is 3.13. The second-order valence-electron chi connectivity index (χ2n) is 7.21. The molecule has 1 fully saturated rings. The lowest BCUT2D eigenvalue weighted by Crippen LogP contribution is -2.37. The molecule has 27 heavy (non-hydrogen) atoms. The van der Waals surface area contributed by atoms with Crippen LogP contribution in [0, 0.1) is 13.8 Å². The molecule has 0 aliphatic carbocycles. The molecule has 144 valence electrons. The Morgan fingerprint density at radius 3 is 2.37 bits per heavy atom. The van der Waals surface area contributed by atoms with E-state index in [0.717, 1.165) is 34.9 Å². The van der Waals surface area contributed by atoms with E-state index in [-0.39, 0.29) is 17.7 Å². The molecular weight excluding hydrogens is 362 g/mol. The van der Waals surface area contributed by atoms with Crippen molar-refractivity contribution in [1.82, 2.24) is 24.4 Å². The average molecular weight is 388 g/mol. The molecule has 0 atom stereocenters. The molecule has 1 saturated heterocycles. The molecular formula is C19H25N5O2S. The molecule has 2 aromatic heterocycles. The molecule has 2 amide bonds. The first kappa shape index (κ1) is 19.4. The quantitative estimate of drug-likeness (QED) is 0.809. The Balaban J connectivity index is 1.69. The van der Waals surface area contributed by atoms with Gasteiger partial charge in [-0.25, -0.2) is 0 Å². The highest BCUT2D eigenvalue weighted by Gasteiger charge is 2.27. The lowest BCUT2D eigenvalue weighted by atomic mass is 10.1. The van der Waals surface area contributed by atoms with Crippen LogP contribution < -0.4 is 0 Å². The molecule has 0 bridgehead atoms. The lowest BCUT2D eigenvalue weighted by molar-refractivity contribution is 0.0720. The summed E-state index contributed by atoms with van der Waals surface area (Å²) >= 11 is 1.15. The van der Waals surface area contributed by atoms with E-state index in [2.05, 4.69) is 14.6 Å². The number of hydrogen-bond acceptors (Lipinski definition) is 6. The normalized spacial score (nSPS) is 15.1. The third kappa shape index (κ3) is 4.16. The first-order chi connectivity index (χ1) is 12.9. The summed E-state index contributed by atoms with van der Waals surface area (Å²) < 4.78 is 3.95. The number of rotatable bonds is 3. The Bertz CT molecular complexity index is 848. The minimum atomic E-state index is -0.0316. The molecule has 3 rings (SSSR count). The van der Waals surface area contributed by atoms with Gasteiger partial charge in [-0.15, -0.1) is 5.10 Å². The summed E-state index contributed by atoms with van der Waals surface area (Å²) in [7, 11) is 0. The van der Waals surface area contributed by atoms with Crippen LogP contribution >= 0.6 is 11.5 Å². The van der Waals surface area contributed by atoms with Gasteiger partial charge in [-0.2, -0.15) is 0 Å². The zero-order valence-electron chi connectivity index (χ0n) is 16.2. The highest BCUT2D eigenvalue weighted by molar-refractivity contribution is 7.08. The summed E-state index contributed by atoms with van der Waals surface area (Å²) in [6.45, 7) is 10.2. The van der Waals surface area contributed by atoms with Gasteiger partial charge in [0.15, 0.2) is 0 Å². The SMILES string of the molecule is Cc1cc(C(=O)N2CCCN(C(=O)c3snnc3C(C)C)CC2)cnc1C.